The molecule has 1 heterocycles. The lowest BCUT2D eigenvalue weighted by Crippen LogP contribution is -2.22. The van der Waals surface area contributed by atoms with Gasteiger partial charge in [0.2, 0.25) is 0 Å². The van der Waals surface area contributed by atoms with Gasteiger partial charge in [0.05, 0.1) is 15.7 Å². The van der Waals surface area contributed by atoms with Crippen molar-refractivity contribution in [1.82, 2.24) is 10.3 Å². The molecule has 4 aromatic rings. The minimum atomic E-state index is -0.0618. The Morgan fingerprint density at radius 3 is 2.87 bits per heavy atom. The number of carbonyl (C=O) groups is 1. The second-order valence-corrected chi connectivity index (χ2v) is 6.24. The number of fused-ring (bicyclic) bond motifs is 2. The van der Waals surface area contributed by atoms with Crippen LogP contribution in [0.5, 0.6) is 0 Å². The van der Waals surface area contributed by atoms with Gasteiger partial charge >= 0.3 is 0 Å². The molecule has 23 heavy (non-hydrogen) atoms. The van der Waals surface area contributed by atoms with Gasteiger partial charge < -0.3 is 5.32 Å². The van der Waals surface area contributed by atoms with Crippen LogP contribution >= 0.6 is 11.3 Å². The van der Waals surface area contributed by atoms with E-state index < -0.39 is 0 Å². The molecule has 4 heteroatoms. The fourth-order valence-corrected chi connectivity index (χ4v) is 3.44. The van der Waals surface area contributed by atoms with Crippen LogP contribution in [0.15, 0.2) is 66.2 Å². The third kappa shape index (κ3) is 2.69. The van der Waals surface area contributed by atoms with E-state index >= 15 is 0 Å². The van der Waals surface area contributed by atoms with Crippen molar-refractivity contribution in [3.8, 4) is 0 Å². The van der Waals surface area contributed by atoms with Gasteiger partial charge in [-0.05, 0) is 34.5 Å². The lowest BCUT2D eigenvalue weighted by molar-refractivity contribution is 0.0951. The molecule has 0 aliphatic carbocycles. The molecule has 0 spiro atoms. The molecule has 112 valence electrons. The molecule has 0 unspecified atom stereocenters. The molecule has 4 rings (SSSR count). The van der Waals surface area contributed by atoms with Crippen LogP contribution in [0.25, 0.3) is 21.0 Å². The maximum absolute atomic E-state index is 12.4. The normalized spacial score (nSPS) is 11.0. The van der Waals surface area contributed by atoms with Gasteiger partial charge in [0, 0.05) is 12.1 Å². The van der Waals surface area contributed by atoms with Crippen molar-refractivity contribution in [2.75, 3.05) is 0 Å². The smallest absolute Gasteiger partial charge is 0.251 e. The van der Waals surface area contributed by atoms with E-state index in [9.17, 15) is 4.79 Å². The van der Waals surface area contributed by atoms with Crippen LogP contribution in [0.1, 0.15) is 15.9 Å². The van der Waals surface area contributed by atoms with Crippen LogP contribution in [-0.4, -0.2) is 10.9 Å². The van der Waals surface area contributed by atoms with E-state index in [0.29, 0.717) is 12.1 Å². The summed E-state index contributed by atoms with van der Waals surface area (Å²) in [6, 6.07) is 20.0. The number of benzene rings is 3. The molecular formula is C19H14N2OS. The highest BCUT2D eigenvalue weighted by Crippen LogP contribution is 2.20. The Labute approximate surface area is 137 Å². The molecule has 0 radical (unpaired) electrons. The van der Waals surface area contributed by atoms with E-state index in [4.69, 9.17) is 0 Å². The van der Waals surface area contributed by atoms with Gasteiger partial charge in [0.25, 0.3) is 5.91 Å². The first kappa shape index (κ1) is 13.9. The number of thiazole rings is 1. The van der Waals surface area contributed by atoms with Gasteiger partial charge in [-0.15, -0.1) is 11.3 Å². The van der Waals surface area contributed by atoms with Crippen LogP contribution in [0, 0.1) is 0 Å². The zero-order chi connectivity index (χ0) is 15.6. The Kier molecular flexibility index (Phi) is 3.52. The Morgan fingerprint density at radius 1 is 1.04 bits per heavy atom. The van der Waals surface area contributed by atoms with E-state index in [2.05, 4.69) is 34.6 Å². The highest BCUT2D eigenvalue weighted by Gasteiger charge is 2.08. The molecule has 3 aromatic carbocycles. The molecule has 1 N–H and O–H groups in total. The van der Waals surface area contributed by atoms with Gasteiger partial charge in [0.15, 0.2) is 0 Å². The predicted octanol–water partition coefficient (Wildman–Crippen LogP) is 4.38. The molecule has 0 bridgehead atoms. The molecule has 0 saturated carbocycles. The molecular weight excluding hydrogens is 304 g/mol. The molecule has 0 fully saturated rings. The van der Waals surface area contributed by atoms with Gasteiger partial charge in [-0.25, -0.2) is 4.98 Å². The van der Waals surface area contributed by atoms with E-state index in [1.54, 1.807) is 16.8 Å². The van der Waals surface area contributed by atoms with Crippen molar-refractivity contribution in [1.29, 1.82) is 0 Å². The number of nitrogens with one attached hydrogen (secondary N) is 1. The van der Waals surface area contributed by atoms with Crippen molar-refractivity contribution in [2.24, 2.45) is 0 Å². The lowest BCUT2D eigenvalue weighted by Gasteiger charge is -2.08. The van der Waals surface area contributed by atoms with Crippen molar-refractivity contribution in [3.63, 3.8) is 0 Å². The fourth-order valence-electron chi connectivity index (χ4n) is 2.72. The van der Waals surface area contributed by atoms with Crippen molar-refractivity contribution in [2.45, 2.75) is 6.54 Å². The van der Waals surface area contributed by atoms with Gasteiger partial charge in [0.1, 0.15) is 0 Å². The lowest BCUT2D eigenvalue weighted by atomic mass is 10.0. The van der Waals surface area contributed by atoms with Crippen LogP contribution in [0.2, 0.25) is 0 Å². The molecule has 1 amide bonds. The summed E-state index contributed by atoms with van der Waals surface area (Å²) < 4.78 is 1.03. The second-order valence-electron chi connectivity index (χ2n) is 5.36. The first-order chi connectivity index (χ1) is 11.3. The Bertz CT molecular complexity index is 1000. The Balaban J connectivity index is 1.56. The summed E-state index contributed by atoms with van der Waals surface area (Å²) in [5.74, 6) is -0.0618. The van der Waals surface area contributed by atoms with Crippen LogP contribution in [0.3, 0.4) is 0 Å². The first-order valence-corrected chi connectivity index (χ1v) is 8.27. The molecule has 1 aromatic heterocycles. The second kappa shape index (κ2) is 5.82. The molecule has 3 nitrogen and oxygen atoms in total. The number of hydrogen-bond donors (Lipinski definition) is 1. The number of hydrogen-bond acceptors (Lipinski definition) is 3. The Morgan fingerprint density at radius 2 is 1.91 bits per heavy atom. The minimum Gasteiger partial charge on any atom is -0.348 e. The van der Waals surface area contributed by atoms with Crippen LogP contribution < -0.4 is 5.32 Å². The standard InChI is InChI=1S/C19H14N2OS/c22-19(14-8-9-17-18(10-14)23-12-21-17)20-11-15-6-3-5-13-4-1-2-7-16(13)15/h1-10,12H,11H2,(H,20,22). The summed E-state index contributed by atoms with van der Waals surface area (Å²) >= 11 is 1.54. The van der Waals surface area contributed by atoms with Crippen LogP contribution in [0.4, 0.5) is 0 Å². The number of amides is 1. The maximum Gasteiger partial charge on any atom is 0.251 e. The largest absolute Gasteiger partial charge is 0.348 e. The summed E-state index contributed by atoms with van der Waals surface area (Å²) in [6.07, 6.45) is 0. The quantitative estimate of drug-likeness (QED) is 0.609. The average molecular weight is 318 g/mol. The summed E-state index contributed by atoms with van der Waals surface area (Å²) in [5.41, 5.74) is 4.51. The van der Waals surface area contributed by atoms with E-state index in [1.165, 1.54) is 10.8 Å². The maximum atomic E-state index is 12.4. The van der Waals surface area contributed by atoms with Crippen molar-refractivity contribution in [3.05, 3.63) is 77.3 Å². The number of carbonyl (C=O) groups excluding carboxylic acids is 1. The van der Waals surface area contributed by atoms with E-state index in [-0.39, 0.29) is 5.91 Å². The zero-order valence-electron chi connectivity index (χ0n) is 12.3. The average Bonchev–Trinajstić information content (AvgIpc) is 3.07. The molecule has 0 aliphatic heterocycles. The first-order valence-electron chi connectivity index (χ1n) is 7.39. The number of aromatic nitrogens is 1. The van der Waals surface area contributed by atoms with E-state index in [1.807, 2.05) is 36.4 Å². The van der Waals surface area contributed by atoms with Crippen molar-refractivity contribution >= 4 is 38.2 Å². The van der Waals surface area contributed by atoms with Gasteiger partial charge in [-0.3, -0.25) is 4.79 Å². The summed E-state index contributed by atoms with van der Waals surface area (Å²) in [5, 5.41) is 5.37. The molecule has 0 aliphatic rings. The highest BCUT2D eigenvalue weighted by atomic mass is 32.1. The third-order valence-corrected chi connectivity index (χ3v) is 4.70. The van der Waals surface area contributed by atoms with E-state index in [0.717, 1.165) is 15.8 Å². The number of rotatable bonds is 3. The summed E-state index contributed by atoms with van der Waals surface area (Å²) in [7, 11) is 0. The Hall–Kier alpha value is -2.72. The SMILES string of the molecule is O=C(NCc1cccc2ccccc12)c1ccc2ncsc2c1. The minimum absolute atomic E-state index is 0.0618. The monoisotopic (exact) mass is 318 g/mol. The summed E-state index contributed by atoms with van der Waals surface area (Å²) in [6.45, 7) is 0.515. The number of nitrogens with zero attached hydrogens (tertiary/aromatic N) is 1. The molecule has 0 saturated heterocycles. The predicted molar refractivity (Wildman–Crippen MR) is 94.7 cm³/mol. The summed E-state index contributed by atoms with van der Waals surface area (Å²) in [4.78, 5) is 16.6. The highest BCUT2D eigenvalue weighted by molar-refractivity contribution is 7.16. The van der Waals surface area contributed by atoms with Crippen LogP contribution in [-0.2, 0) is 6.54 Å². The van der Waals surface area contributed by atoms with Crippen molar-refractivity contribution < 1.29 is 4.79 Å². The fraction of sp³-hybridized carbons (Fsp3) is 0.0526. The topological polar surface area (TPSA) is 42.0 Å². The molecule has 0 atom stereocenters. The van der Waals surface area contributed by atoms with Gasteiger partial charge in [-0.2, -0.15) is 0 Å². The van der Waals surface area contributed by atoms with Gasteiger partial charge in [-0.1, -0.05) is 42.5 Å². The third-order valence-electron chi connectivity index (χ3n) is 3.91. The zero-order valence-corrected chi connectivity index (χ0v) is 13.1.